The van der Waals surface area contributed by atoms with E-state index >= 15 is 0 Å². The number of rotatable bonds is 4. The van der Waals surface area contributed by atoms with Gasteiger partial charge in [0.2, 0.25) is 11.5 Å². The maximum Gasteiger partial charge on any atom is 0.247 e. The Labute approximate surface area is 91.9 Å². The third-order valence-electron chi connectivity index (χ3n) is 2.07. The van der Waals surface area contributed by atoms with Crippen LogP contribution < -0.4 is 10.9 Å². The summed E-state index contributed by atoms with van der Waals surface area (Å²) in [6.07, 6.45) is -0.942. The van der Waals surface area contributed by atoms with Gasteiger partial charge >= 0.3 is 0 Å². The van der Waals surface area contributed by atoms with E-state index in [0.29, 0.717) is 5.56 Å². The molecule has 0 aliphatic heterocycles. The smallest absolute Gasteiger partial charge is 0.247 e. The number of aliphatic hydroxyl groups is 2. The number of H-pyrrole nitrogens is 1. The van der Waals surface area contributed by atoms with Crippen molar-refractivity contribution in [2.45, 2.75) is 19.1 Å². The van der Waals surface area contributed by atoms with Crippen molar-refractivity contribution >= 4 is 5.91 Å². The van der Waals surface area contributed by atoms with E-state index in [2.05, 4.69) is 10.3 Å². The molecule has 0 saturated heterocycles. The van der Waals surface area contributed by atoms with Crippen LogP contribution in [0.15, 0.2) is 23.1 Å². The van der Waals surface area contributed by atoms with Crippen LogP contribution in [-0.4, -0.2) is 33.8 Å². The molecule has 4 N–H and O–H groups in total. The summed E-state index contributed by atoms with van der Waals surface area (Å²) >= 11 is 0. The van der Waals surface area contributed by atoms with E-state index in [9.17, 15) is 19.8 Å². The molecule has 88 valence electrons. The molecule has 2 atom stereocenters. The number of pyridine rings is 1. The van der Waals surface area contributed by atoms with Gasteiger partial charge in [0.25, 0.3) is 0 Å². The molecular weight excluding hydrogens is 212 g/mol. The lowest BCUT2D eigenvalue weighted by Crippen LogP contribution is -2.34. The Morgan fingerprint density at radius 1 is 1.50 bits per heavy atom. The van der Waals surface area contributed by atoms with Gasteiger partial charge in [-0.15, -0.1) is 0 Å². The van der Waals surface area contributed by atoms with Crippen LogP contribution in [0.25, 0.3) is 0 Å². The summed E-state index contributed by atoms with van der Waals surface area (Å²) in [7, 11) is 0. The number of carbonyl (C=O) groups is 1. The summed E-state index contributed by atoms with van der Waals surface area (Å²) in [4.78, 5) is 23.8. The molecule has 1 rings (SSSR count). The fraction of sp³-hybridized carbons (Fsp3) is 0.400. The van der Waals surface area contributed by atoms with Crippen molar-refractivity contribution < 1.29 is 15.0 Å². The number of aliphatic hydroxyl groups excluding tert-OH is 2. The molecule has 1 aromatic rings. The van der Waals surface area contributed by atoms with Crippen molar-refractivity contribution in [1.29, 1.82) is 0 Å². The van der Waals surface area contributed by atoms with Crippen LogP contribution in [0.2, 0.25) is 0 Å². The SMILES string of the molecule is CC(=O)NCC(O)C(O)c1ccc(=O)[nH]c1. The van der Waals surface area contributed by atoms with E-state index in [0.717, 1.165) is 0 Å². The van der Waals surface area contributed by atoms with E-state index in [1.54, 1.807) is 0 Å². The first-order chi connectivity index (χ1) is 7.50. The summed E-state index contributed by atoms with van der Waals surface area (Å²) in [6.45, 7) is 1.27. The minimum Gasteiger partial charge on any atom is -0.388 e. The monoisotopic (exact) mass is 226 g/mol. The Bertz CT molecular complexity index is 395. The molecule has 0 radical (unpaired) electrons. The third-order valence-corrected chi connectivity index (χ3v) is 2.07. The molecule has 0 bridgehead atoms. The van der Waals surface area contributed by atoms with Gasteiger partial charge in [-0.1, -0.05) is 0 Å². The van der Waals surface area contributed by atoms with Crippen molar-refractivity contribution in [2.24, 2.45) is 0 Å². The number of amides is 1. The fourth-order valence-corrected chi connectivity index (χ4v) is 1.19. The van der Waals surface area contributed by atoms with Crippen molar-refractivity contribution in [3.05, 3.63) is 34.2 Å². The Morgan fingerprint density at radius 2 is 2.19 bits per heavy atom. The lowest BCUT2D eigenvalue weighted by atomic mass is 10.1. The van der Waals surface area contributed by atoms with E-state index in [1.165, 1.54) is 25.3 Å². The van der Waals surface area contributed by atoms with Gasteiger partial charge in [-0.25, -0.2) is 0 Å². The predicted molar refractivity (Wildman–Crippen MR) is 56.7 cm³/mol. The van der Waals surface area contributed by atoms with Crippen LogP contribution in [0.5, 0.6) is 0 Å². The molecule has 1 amide bonds. The maximum atomic E-state index is 10.8. The number of hydrogen-bond donors (Lipinski definition) is 4. The molecule has 0 aromatic carbocycles. The maximum absolute atomic E-state index is 10.8. The van der Waals surface area contributed by atoms with Gasteiger partial charge in [-0.3, -0.25) is 9.59 Å². The summed E-state index contributed by atoms with van der Waals surface area (Å²) in [5, 5.41) is 21.6. The van der Waals surface area contributed by atoms with Crippen molar-refractivity contribution in [2.75, 3.05) is 6.54 Å². The Balaban J connectivity index is 2.62. The number of nitrogens with one attached hydrogen (secondary N) is 2. The first kappa shape index (κ1) is 12.4. The zero-order valence-corrected chi connectivity index (χ0v) is 8.80. The van der Waals surface area contributed by atoms with Gasteiger partial charge < -0.3 is 20.5 Å². The molecule has 1 heterocycles. The second-order valence-electron chi connectivity index (χ2n) is 3.44. The summed E-state index contributed by atoms with van der Waals surface area (Å²) in [6, 6.07) is 2.67. The van der Waals surface area contributed by atoms with Crippen LogP contribution in [0.3, 0.4) is 0 Å². The number of aromatic amines is 1. The first-order valence-corrected chi connectivity index (χ1v) is 4.80. The molecule has 1 aromatic heterocycles. The van der Waals surface area contributed by atoms with E-state index in [4.69, 9.17) is 0 Å². The molecule has 6 nitrogen and oxygen atoms in total. The van der Waals surface area contributed by atoms with Gasteiger partial charge in [0, 0.05) is 25.7 Å². The highest BCUT2D eigenvalue weighted by Crippen LogP contribution is 2.13. The summed E-state index contributed by atoms with van der Waals surface area (Å²) in [5.74, 6) is -0.285. The molecule has 16 heavy (non-hydrogen) atoms. The minimum atomic E-state index is -1.15. The second kappa shape index (κ2) is 5.43. The number of aromatic nitrogens is 1. The van der Waals surface area contributed by atoms with Crippen molar-refractivity contribution in [1.82, 2.24) is 10.3 Å². The average Bonchev–Trinajstić information content (AvgIpc) is 2.26. The van der Waals surface area contributed by atoms with Crippen LogP contribution >= 0.6 is 0 Å². The summed E-state index contributed by atoms with van der Waals surface area (Å²) < 4.78 is 0. The zero-order valence-electron chi connectivity index (χ0n) is 8.80. The second-order valence-corrected chi connectivity index (χ2v) is 3.44. The molecule has 2 unspecified atom stereocenters. The first-order valence-electron chi connectivity index (χ1n) is 4.80. The minimum absolute atomic E-state index is 0.0460. The lowest BCUT2D eigenvalue weighted by molar-refractivity contribution is -0.119. The molecule has 0 saturated carbocycles. The molecule has 0 aliphatic carbocycles. The predicted octanol–water partition coefficient (Wildman–Crippen LogP) is -1.09. The topological polar surface area (TPSA) is 102 Å². The fourth-order valence-electron chi connectivity index (χ4n) is 1.19. The van der Waals surface area contributed by atoms with Crippen molar-refractivity contribution in [3.8, 4) is 0 Å². The van der Waals surface area contributed by atoms with E-state index in [-0.39, 0.29) is 18.0 Å². The van der Waals surface area contributed by atoms with E-state index < -0.39 is 12.2 Å². The highest BCUT2D eigenvalue weighted by atomic mass is 16.3. The van der Waals surface area contributed by atoms with E-state index in [1.807, 2.05) is 0 Å². The quantitative estimate of drug-likeness (QED) is 0.523. The van der Waals surface area contributed by atoms with Gasteiger partial charge in [-0.05, 0) is 11.6 Å². The zero-order chi connectivity index (χ0) is 12.1. The third kappa shape index (κ3) is 3.48. The Hall–Kier alpha value is -1.66. The van der Waals surface area contributed by atoms with Gasteiger partial charge in [0.15, 0.2) is 0 Å². The number of carbonyl (C=O) groups excluding carboxylic acids is 1. The highest BCUT2D eigenvalue weighted by molar-refractivity contribution is 5.72. The highest BCUT2D eigenvalue weighted by Gasteiger charge is 2.18. The molecule has 0 aliphatic rings. The number of hydrogen-bond acceptors (Lipinski definition) is 4. The lowest BCUT2D eigenvalue weighted by Gasteiger charge is -2.17. The Kier molecular flexibility index (Phi) is 4.21. The average molecular weight is 226 g/mol. The molecular formula is C10H14N2O4. The van der Waals surface area contributed by atoms with Crippen LogP contribution in [0, 0.1) is 0 Å². The molecule has 0 fully saturated rings. The molecule has 6 heteroatoms. The largest absolute Gasteiger partial charge is 0.388 e. The molecule has 0 spiro atoms. The Morgan fingerprint density at radius 3 is 2.69 bits per heavy atom. The standard InChI is InChI=1S/C10H14N2O4/c1-6(13)11-5-8(14)10(16)7-2-3-9(15)12-4-7/h2-4,8,10,14,16H,5H2,1H3,(H,11,13)(H,12,15). The van der Waals surface area contributed by atoms with Crippen LogP contribution in [0.4, 0.5) is 0 Å². The summed E-state index contributed by atoms with van der Waals surface area (Å²) in [5.41, 5.74) is 0.102. The van der Waals surface area contributed by atoms with Crippen molar-refractivity contribution in [3.63, 3.8) is 0 Å². The van der Waals surface area contributed by atoms with Gasteiger partial charge in [-0.2, -0.15) is 0 Å². The van der Waals surface area contributed by atoms with Gasteiger partial charge in [0.05, 0.1) is 0 Å². The normalized spacial score (nSPS) is 14.2. The van der Waals surface area contributed by atoms with Crippen LogP contribution in [0.1, 0.15) is 18.6 Å². The van der Waals surface area contributed by atoms with Crippen LogP contribution in [-0.2, 0) is 4.79 Å². The van der Waals surface area contributed by atoms with Gasteiger partial charge in [0.1, 0.15) is 12.2 Å².